The maximum atomic E-state index is 13.0. The van der Waals surface area contributed by atoms with E-state index in [0.717, 1.165) is 30.7 Å². The summed E-state index contributed by atoms with van der Waals surface area (Å²) in [7, 11) is 0. The van der Waals surface area contributed by atoms with E-state index >= 15 is 0 Å². The zero-order valence-corrected chi connectivity index (χ0v) is 14.4. The third-order valence-electron chi connectivity index (χ3n) is 4.53. The summed E-state index contributed by atoms with van der Waals surface area (Å²) >= 11 is 0.595. The fourth-order valence-corrected chi connectivity index (χ4v) is 4.17. The number of nitrogens with zero attached hydrogens (tertiary/aromatic N) is 5. The molecule has 7 nitrogen and oxygen atoms in total. The Balaban J connectivity index is 1.57. The first-order valence-corrected chi connectivity index (χ1v) is 9.02. The molecule has 0 saturated carbocycles. The van der Waals surface area contributed by atoms with Gasteiger partial charge in [-0.3, -0.25) is 0 Å². The highest BCUT2D eigenvalue weighted by molar-refractivity contribution is 7.18. The molecular weight excluding hydrogens is 381 g/mol. The second-order valence-corrected chi connectivity index (χ2v) is 7.26. The zero-order chi connectivity index (χ0) is 18.6. The zero-order valence-electron chi connectivity index (χ0n) is 13.6. The summed E-state index contributed by atoms with van der Waals surface area (Å²) in [5, 5.41) is 14.0. The van der Waals surface area contributed by atoms with E-state index < -0.39 is 11.2 Å². The Bertz CT molecular complexity index is 1130. The summed E-state index contributed by atoms with van der Waals surface area (Å²) in [6, 6.07) is 4.89. The highest BCUT2D eigenvalue weighted by atomic mass is 32.1. The van der Waals surface area contributed by atoms with Crippen molar-refractivity contribution < 1.29 is 17.7 Å². The normalized spacial score (nSPS) is 17.4. The van der Waals surface area contributed by atoms with Crippen LogP contribution in [0, 0.1) is 0 Å². The minimum absolute atomic E-state index is 0.172. The minimum atomic E-state index is -4.49. The number of halogens is 3. The topological polar surface area (TPSA) is 93.4 Å². The van der Waals surface area contributed by atoms with Crippen LogP contribution >= 0.6 is 11.3 Å². The number of aromatic nitrogens is 6. The van der Waals surface area contributed by atoms with Crippen LogP contribution < -0.4 is 0 Å². The average molecular weight is 392 g/mol. The van der Waals surface area contributed by atoms with E-state index in [1.807, 2.05) is 0 Å². The molecule has 0 aliphatic heterocycles. The molecule has 27 heavy (non-hydrogen) atoms. The van der Waals surface area contributed by atoms with E-state index in [-0.39, 0.29) is 17.3 Å². The third kappa shape index (κ3) is 2.69. The summed E-state index contributed by atoms with van der Waals surface area (Å²) in [6.45, 7) is 0. The smallest absolute Gasteiger partial charge is 0.338 e. The van der Waals surface area contributed by atoms with Gasteiger partial charge in [0.05, 0.1) is 27.5 Å². The van der Waals surface area contributed by atoms with Crippen LogP contribution in [0.1, 0.15) is 41.0 Å². The SMILES string of the molecule is FC(F)(F)c1nc2c(-c3noc(C4CCCc5n[nH]nc54)n3)cccc2s1. The number of hydrogen-bond acceptors (Lipinski definition) is 7. The van der Waals surface area contributed by atoms with Crippen LogP contribution in [0.2, 0.25) is 0 Å². The van der Waals surface area contributed by atoms with E-state index in [4.69, 9.17) is 4.52 Å². The van der Waals surface area contributed by atoms with Crippen LogP contribution in [0.5, 0.6) is 0 Å². The number of thiazole rings is 1. The summed E-state index contributed by atoms with van der Waals surface area (Å²) < 4.78 is 44.8. The third-order valence-corrected chi connectivity index (χ3v) is 5.60. The molecule has 3 aromatic heterocycles. The van der Waals surface area contributed by atoms with Gasteiger partial charge < -0.3 is 4.52 Å². The molecule has 1 unspecified atom stereocenters. The fraction of sp³-hybridized carbons (Fsp3) is 0.312. The fourth-order valence-electron chi connectivity index (χ4n) is 3.31. The predicted molar refractivity (Wildman–Crippen MR) is 89.1 cm³/mol. The highest BCUT2D eigenvalue weighted by Gasteiger charge is 2.35. The van der Waals surface area contributed by atoms with Crippen LogP contribution in [0.3, 0.4) is 0 Å². The molecule has 0 amide bonds. The largest absolute Gasteiger partial charge is 0.443 e. The number of hydrogen-bond donors (Lipinski definition) is 1. The lowest BCUT2D eigenvalue weighted by molar-refractivity contribution is -0.137. The van der Waals surface area contributed by atoms with Gasteiger partial charge >= 0.3 is 6.18 Å². The van der Waals surface area contributed by atoms with Crippen molar-refractivity contribution in [1.29, 1.82) is 0 Å². The summed E-state index contributed by atoms with van der Waals surface area (Å²) in [6.07, 6.45) is -1.95. The second-order valence-electron chi connectivity index (χ2n) is 6.23. The van der Waals surface area contributed by atoms with Gasteiger partial charge in [0.2, 0.25) is 11.7 Å². The van der Waals surface area contributed by atoms with Crippen molar-refractivity contribution in [3.8, 4) is 11.4 Å². The Morgan fingerprint density at radius 1 is 1.19 bits per heavy atom. The molecule has 5 rings (SSSR count). The van der Waals surface area contributed by atoms with Crippen molar-refractivity contribution in [3.05, 3.63) is 40.5 Å². The second kappa shape index (κ2) is 5.84. The Kier molecular flexibility index (Phi) is 3.54. The maximum Gasteiger partial charge on any atom is 0.443 e. The molecule has 1 atom stereocenters. The summed E-state index contributed by atoms with van der Waals surface area (Å²) in [5.41, 5.74) is 2.28. The lowest BCUT2D eigenvalue weighted by Crippen LogP contribution is -2.11. The van der Waals surface area contributed by atoms with Gasteiger partial charge in [-0.15, -0.1) is 11.3 Å². The molecular formula is C16H11F3N6OS. The van der Waals surface area contributed by atoms with Crippen molar-refractivity contribution in [2.24, 2.45) is 0 Å². The quantitative estimate of drug-likeness (QED) is 0.555. The molecule has 0 saturated heterocycles. The van der Waals surface area contributed by atoms with Crippen molar-refractivity contribution in [3.63, 3.8) is 0 Å². The number of aromatic amines is 1. The van der Waals surface area contributed by atoms with Crippen LogP contribution in [0.25, 0.3) is 21.6 Å². The lowest BCUT2D eigenvalue weighted by atomic mass is 9.90. The molecule has 11 heteroatoms. The van der Waals surface area contributed by atoms with Gasteiger partial charge in [0.15, 0.2) is 5.01 Å². The van der Waals surface area contributed by atoms with Gasteiger partial charge in [-0.2, -0.15) is 33.6 Å². The molecule has 1 aromatic carbocycles. The van der Waals surface area contributed by atoms with Gasteiger partial charge in [0, 0.05) is 5.56 Å². The molecule has 1 aliphatic carbocycles. The van der Waals surface area contributed by atoms with Gasteiger partial charge in [0.1, 0.15) is 0 Å². The Morgan fingerprint density at radius 3 is 2.93 bits per heavy atom. The molecule has 0 fully saturated rings. The number of fused-ring (bicyclic) bond motifs is 2. The number of H-pyrrole nitrogens is 1. The first-order chi connectivity index (χ1) is 13.0. The van der Waals surface area contributed by atoms with Crippen LogP contribution in [0.15, 0.2) is 22.7 Å². The number of para-hydroxylation sites is 1. The van der Waals surface area contributed by atoms with Gasteiger partial charge in [0.25, 0.3) is 0 Å². The standard InChI is InChI=1S/C16H11F3N6OS/c17-16(18,19)15-20-12-7(3-2-6-10(12)27-15)13-21-14(26-24-13)8-4-1-5-9-11(8)23-25-22-9/h2-3,6,8H,1,4-5H2,(H,22,23,25). The molecule has 0 radical (unpaired) electrons. The van der Waals surface area contributed by atoms with Crippen LogP contribution in [-0.2, 0) is 12.6 Å². The molecule has 3 heterocycles. The number of benzene rings is 1. The van der Waals surface area contributed by atoms with E-state index in [0.29, 0.717) is 27.5 Å². The van der Waals surface area contributed by atoms with Crippen molar-refractivity contribution in [2.45, 2.75) is 31.4 Å². The molecule has 4 aromatic rings. The van der Waals surface area contributed by atoms with Gasteiger partial charge in [-0.1, -0.05) is 11.2 Å². The van der Waals surface area contributed by atoms with Crippen molar-refractivity contribution >= 4 is 21.6 Å². The number of aryl methyl sites for hydroxylation is 1. The van der Waals surface area contributed by atoms with E-state index in [2.05, 4.69) is 30.5 Å². The number of rotatable bonds is 2. The van der Waals surface area contributed by atoms with E-state index in [1.54, 1.807) is 18.2 Å². The molecule has 138 valence electrons. The summed E-state index contributed by atoms with van der Waals surface area (Å²) in [4.78, 5) is 8.18. The Hall–Kier alpha value is -2.82. The van der Waals surface area contributed by atoms with Crippen molar-refractivity contribution in [1.82, 2.24) is 30.5 Å². The maximum absolute atomic E-state index is 13.0. The average Bonchev–Trinajstić information content (AvgIpc) is 3.37. The number of alkyl halides is 3. The Labute approximate surface area is 153 Å². The van der Waals surface area contributed by atoms with E-state index in [9.17, 15) is 13.2 Å². The van der Waals surface area contributed by atoms with Crippen LogP contribution in [0.4, 0.5) is 13.2 Å². The Morgan fingerprint density at radius 2 is 2.07 bits per heavy atom. The first kappa shape index (κ1) is 16.4. The van der Waals surface area contributed by atoms with Crippen LogP contribution in [-0.4, -0.2) is 30.5 Å². The van der Waals surface area contributed by atoms with Gasteiger partial charge in [-0.25, -0.2) is 4.98 Å². The monoisotopic (exact) mass is 392 g/mol. The van der Waals surface area contributed by atoms with Gasteiger partial charge in [-0.05, 0) is 31.4 Å². The van der Waals surface area contributed by atoms with E-state index in [1.165, 1.54) is 0 Å². The molecule has 0 bridgehead atoms. The molecule has 1 N–H and O–H groups in total. The predicted octanol–water partition coefficient (Wildman–Crippen LogP) is 3.95. The molecule has 0 spiro atoms. The minimum Gasteiger partial charge on any atom is -0.338 e. The van der Waals surface area contributed by atoms with Crippen molar-refractivity contribution in [2.75, 3.05) is 0 Å². The first-order valence-electron chi connectivity index (χ1n) is 8.21. The molecule has 1 aliphatic rings. The summed E-state index contributed by atoms with van der Waals surface area (Å²) in [5.74, 6) is 0.419. The lowest BCUT2D eigenvalue weighted by Gasteiger charge is -2.15. The number of nitrogens with one attached hydrogen (secondary N) is 1. The highest BCUT2D eigenvalue weighted by Crippen LogP contribution is 2.39.